The van der Waals surface area contributed by atoms with Crippen molar-refractivity contribution in [3.63, 3.8) is 0 Å². The minimum atomic E-state index is 0.614. The minimum absolute atomic E-state index is 0.614. The Hall–Kier alpha value is -2.21. The largest absolute Gasteiger partial charge is 0.481 e. The van der Waals surface area contributed by atoms with Gasteiger partial charge in [0.25, 0.3) is 0 Å². The van der Waals surface area contributed by atoms with E-state index in [0.29, 0.717) is 5.88 Å². The van der Waals surface area contributed by atoms with Gasteiger partial charge in [-0.15, -0.1) is 0 Å². The average molecular weight is 299 g/mol. The zero-order valence-corrected chi connectivity index (χ0v) is 12.9. The van der Waals surface area contributed by atoms with E-state index in [1.165, 1.54) is 5.56 Å². The fourth-order valence-corrected chi connectivity index (χ4v) is 2.67. The summed E-state index contributed by atoms with van der Waals surface area (Å²) in [6, 6.07) is 5.93. The van der Waals surface area contributed by atoms with Crippen molar-refractivity contribution >= 4 is 5.95 Å². The van der Waals surface area contributed by atoms with Crippen molar-refractivity contribution in [3.05, 3.63) is 42.4 Å². The highest BCUT2D eigenvalue weighted by atomic mass is 16.5. The Balaban J connectivity index is 1.62. The van der Waals surface area contributed by atoms with Crippen molar-refractivity contribution in [2.45, 2.75) is 13.0 Å². The standard InChI is InChI=1S/C16H21N5O/c1-22-15-5-8-18-16(19-15)21-10-2-9-20(11-12-21)13-14-3-6-17-7-4-14/h3-8H,2,9-13H2,1H3. The highest BCUT2D eigenvalue weighted by molar-refractivity contribution is 5.32. The average Bonchev–Trinajstić information content (AvgIpc) is 2.81. The lowest BCUT2D eigenvalue weighted by molar-refractivity contribution is 0.285. The van der Waals surface area contributed by atoms with E-state index < -0.39 is 0 Å². The molecule has 1 aliphatic heterocycles. The molecule has 116 valence electrons. The van der Waals surface area contributed by atoms with Gasteiger partial charge in [0.15, 0.2) is 0 Å². The van der Waals surface area contributed by atoms with Gasteiger partial charge in [-0.2, -0.15) is 4.98 Å². The minimum Gasteiger partial charge on any atom is -0.481 e. The van der Waals surface area contributed by atoms with Crippen LogP contribution in [-0.4, -0.2) is 53.1 Å². The molecule has 22 heavy (non-hydrogen) atoms. The number of hydrogen-bond donors (Lipinski definition) is 0. The number of hydrogen-bond acceptors (Lipinski definition) is 6. The number of methoxy groups -OCH3 is 1. The normalized spacial score (nSPS) is 16.3. The fraction of sp³-hybridized carbons (Fsp3) is 0.438. The monoisotopic (exact) mass is 299 g/mol. The molecular weight excluding hydrogens is 278 g/mol. The Bertz CT molecular complexity index is 592. The van der Waals surface area contributed by atoms with E-state index in [9.17, 15) is 0 Å². The Kier molecular flexibility index (Phi) is 4.80. The van der Waals surface area contributed by atoms with Crippen LogP contribution < -0.4 is 9.64 Å². The predicted octanol–water partition coefficient (Wildman–Crippen LogP) is 1.59. The number of pyridine rings is 1. The van der Waals surface area contributed by atoms with Crippen molar-refractivity contribution in [2.24, 2.45) is 0 Å². The van der Waals surface area contributed by atoms with Crippen molar-refractivity contribution < 1.29 is 4.74 Å². The maximum Gasteiger partial charge on any atom is 0.228 e. The molecule has 3 rings (SSSR count). The van der Waals surface area contributed by atoms with E-state index in [1.54, 1.807) is 19.4 Å². The van der Waals surface area contributed by atoms with Gasteiger partial charge in [0.1, 0.15) is 0 Å². The maximum atomic E-state index is 5.18. The van der Waals surface area contributed by atoms with Gasteiger partial charge in [0.2, 0.25) is 11.8 Å². The third-order valence-corrected chi connectivity index (χ3v) is 3.85. The molecule has 0 aromatic carbocycles. The van der Waals surface area contributed by atoms with Gasteiger partial charge >= 0.3 is 0 Å². The first-order chi connectivity index (χ1) is 10.8. The van der Waals surface area contributed by atoms with Gasteiger partial charge < -0.3 is 9.64 Å². The molecule has 3 heterocycles. The summed E-state index contributed by atoms with van der Waals surface area (Å²) < 4.78 is 5.18. The van der Waals surface area contributed by atoms with Crippen molar-refractivity contribution in [3.8, 4) is 5.88 Å². The van der Waals surface area contributed by atoms with Crippen molar-refractivity contribution in [1.82, 2.24) is 19.9 Å². The molecule has 6 nitrogen and oxygen atoms in total. The Morgan fingerprint density at radius 1 is 1.05 bits per heavy atom. The van der Waals surface area contributed by atoms with Gasteiger partial charge in [-0.3, -0.25) is 9.88 Å². The molecular formula is C16H21N5O. The molecule has 0 N–H and O–H groups in total. The van der Waals surface area contributed by atoms with Crippen LogP contribution in [0.5, 0.6) is 5.88 Å². The molecule has 2 aromatic rings. The van der Waals surface area contributed by atoms with Crippen LogP contribution >= 0.6 is 0 Å². The van der Waals surface area contributed by atoms with Crippen LogP contribution in [0.2, 0.25) is 0 Å². The molecule has 0 radical (unpaired) electrons. The number of rotatable bonds is 4. The summed E-state index contributed by atoms with van der Waals surface area (Å²) in [5.41, 5.74) is 1.31. The molecule has 0 bridgehead atoms. The van der Waals surface area contributed by atoms with Gasteiger partial charge in [-0.05, 0) is 24.1 Å². The van der Waals surface area contributed by atoms with E-state index in [4.69, 9.17) is 4.74 Å². The van der Waals surface area contributed by atoms with Crippen molar-refractivity contribution in [1.29, 1.82) is 0 Å². The Labute approximate surface area is 130 Å². The van der Waals surface area contributed by atoms with Crippen molar-refractivity contribution in [2.75, 3.05) is 38.2 Å². The first kappa shape index (κ1) is 14.7. The lowest BCUT2D eigenvalue weighted by atomic mass is 10.2. The van der Waals surface area contributed by atoms with Crippen LogP contribution in [-0.2, 0) is 6.54 Å². The molecule has 0 unspecified atom stereocenters. The first-order valence-electron chi connectivity index (χ1n) is 7.58. The summed E-state index contributed by atoms with van der Waals surface area (Å²) in [7, 11) is 1.63. The second-order valence-electron chi connectivity index (χ2n) is 5.37. The Morgan fingerprint density at radius 3 is 2.73 bits per heavy atom. The summed E-state index contributed by atoms with van der Waals surface area (Å²) in [6.07, 6.45) is 6.56. The lowest BCUT2D eigenvalue weighted by Crippen LogP contribution is -2.31. The summed E-state index contributed by atoms with van der Waals surface area (Å²) in [4.78, 5) is 17.6. The fourth-order valence-electron chi connectivity index (χ4n) is 2.67. The van der Waals surface area contributed by atoms with Crippen LogP contribution in [0.25, 0.3) is 0 Å². The highest BCUT2D eigenvalue weighted by Gasteiger charge is 2.17. The number of ether oxygens (including phenoxy) is 1. The summed E-state index contributed by atoms with van der Waals surface area (Å²) in [5, 5.41) is 0. The van der Waals surface area contributed by atoms with E-state index >= 15 is 0 Å². The molecule has 1 fully saturated rings. The van der Waals surface area contributed by atoms with Gasteiger partial charge in [0, 0.05) is 57.4 Å². The van der Waals surface area contributed by atoms with E-state index in [1.807, 2.05) is 12.4 Å². The second kappa shape index (κ2) is 7.17. The smallest absolute Gasteiger partial charge is 0.228 e. The number of aromatic nitrogens is 3. The van der Waals surface area contributed by atoms with Crippen LogP contribution in [0, 0.1) is 0 Å². The zero-order chi connectivity index (χ0) is 15.2. The molecule has 1 aliphatic rings. The maximum absolute atomic E-state index is 5.18. The van der Waals surface area contributed by atoms with Gasteiger partial charge in [0.05, 0.1) is 7.11 Å². The van der Waals surface area contributed by atoms with E-state index in [0.717, 1.165) is 45.1 Å². The third kappa shape index (κ3) is 3.71. The predicted molar refractivity (Wildman–Crippen MR) is 84.9 cm³/mol. The second-order valence-corrected chi connectivity index (χ2v) is 5.37. The molecule has 0 spiro atoms. The number of nitrogens with zero attached hydrogens (tertiary/aromatic N) is 5. The molecule has 2 aromatic heterocycles. The molecule has 0 saturated carbocycles. The van der Waals surface area contributed by atoms with Crippen LogP contribution in [0.3, 0.4) is 0 Å². The van der Waals surface area contributed by atoms with E-state index in [2.05, 4.69) is 36.9 Å². The Morgan fingerprint density at radius 2 is 1.91 bits per heavy atom. The van der Waals surface area contributed by atoms with Gasteiger partial charge in [-0.1, -0.05) is 0 Å². The lowest BCUT2D eigenvalue weighted by Gasteiger charge is -2.22. The summed E-state index contributed by atoms with van der Waals surface area (Å²) >= 11 is 0. The SMILES string of the molecule is COc1ccnc(N2CCCN(Cc3ccncc3)CC2)n1. The molecule has 1 saturated heterocycles. The topological polar surface area (TPSA) is 54.4 Å². The number of anilines is 1. The van der Waals surface area contributed by atoms with Crippen LogP contribution in [0.4, 0.5) is 5.95 Å². The highest BCUT2D eigenvalue weighted by Crippen LogP contribution is 2.15. The summed E-state index contributed by atoms with van der Waals surface area (Å²) in [5.74, 6) is 1.37. The molecule has 0 atom stereocenters. The zero-order valence-electron chi connectivity index (χ0n) is 12.9. The molecule has 0 amide bonds. The summed E-state index contributed by atoms with van der Waals surface area (Å²) in [6.45, 7) is 4.96. The van der Waals surface area contributed by atoms with Gasteiger partial charge in [-0.25, -0.2) is 4.98 Å². The quantitative estimate of drug-likeness (QED) is 0.854. The van der Waals surface area contributed by atoms with E-state index in [-0.39, 0.29) is 0 Å². The first-order valence-corrected chi connectivity index (χ1v) is 7.58. The molecule has 6 heteroatoms. The van der Waals surface area contributed by atoms with Crippen LogP contribution in [0.15, 0.2) is 36.8 Å². The molecule has 0 aliphatic carbocycles. The van der Waals surface area contributed by atoms with Crippen LogP contribution in [0.1, 0.15) is 12.0 Å². The third-order valence-electron chi connectivity index (χ3n) is 3.85.